The molecule has 1 amide bonds. The first-order chi connectivity index (χ1) is 15.8. The predicted molar refractivity (Wildman–Crippen MR) is 134 cm³/mol. The SMILES string of the molecule is CCCCC(C)(C)OC(=O)c1c(NC(=O)c2ccc(Cl)cc2)nc(SC)n1-c1ccccc1. The Hall–Kier alpha value is -2.77. The molecule has 0 fully saturated rings. The zero-order valence-corrected chi connectivity index (χ0v) is 20.8. The molecule has 0 radical (unpaired) electrons. The Morgan fingerprint density at radius 1 is 1.12 bits per heavy atom. The fourth-order valence-corrected chi connectivity index (χ4v) is 4.05. The van der Waals surface area contributed by atoms with Crippen LogP contribution < -0.4 is 5.32 Å². The van der Waals surface area contributed by atoms with Crippen LogP contribution in [0.1, 0.15) is 60.9 Å². The lowest BCUT2D eigenvalue weighted by molar-refractivity contribution is -0.00611. The third-order valence-corrected chi connectivity index (χ3v) is 5.97. The number of ether oxygens (including phenoxy) is 1. The quantitative estimate of drug-likeness (QED) is 0.272. The van der Waals surface area contributed by atoms with Crippen LogP contribution in [-0.4, -0.2) is 33.3 Å². The van der Waals surface area contributed by atoms with Crippen LogP contribution in [0.3, 0.4) is 0 Å². The Kier molecular flexibility index (Phi) is 8.21. The molecule has 1 aromatic heterocycles. The zero-order valence-electron chi connectivity index (χ0n) is 19.2. The number of hydrogen-bond acceptors (Lipinski definition) is 5. The monoisotopic (exact) mass is 485 g/mol. The molecule has 0 aliphatic carbocycles. The highest BCUT2D eigenvalue weighted by Crippen LogP contribution is 2.30. The number of amides is 1. The summed E-state index contributed by atoms with van der Waals surface area (Å²) in [4.78, 5) is 30.9. The molecule has 0 aliphatic heterocycles. The molecule has 1 heterocycles. The lowest BCUT2D eigenvalue weighted by Crippen LogP contribution is -2.29. The molecular formula is C25H28ClN3O3S. The number of rotatable bonds is 9. The Balaban J connectivity index is 2.05. The van der Waals surface area contributed by atoms with Gasteiger partial charge < -0.3 is 10.1 Å². The number of nitrogens with zero attached hydrogens (tertiary/aromatic N) is 2. The Bertz CT molecular complexity index is 1110. The van der Waals surface area contributed by atoms with Crippen LogP contribution in [0.15, 0.2) is 59.8 Å². The topological polar surface area (TPSA) is 73.2 Å². The maximum atomic E-state index is 13.5. The number of nitrogens with one attached hydrogen (secondary N) is 1. The van der Waals surface area contributed by atoms with Gasteiger partial charge in [-0.05, 0) is 69.3 Å². The molecule has 8 heteroatoms. The average molecular weight is 486 g/mol. The van der Waals surface area contributed by atoms with E-state index in [9.17, 15) is 9.59 Å². The molecule has 6 nitrogen and oxygen atoms in total. The first-order valence-electron chi connectivity index (χ1n) is 10.8. The first kappa shape index (κ1) is 24.9. The predicted octanol–water partition coefficient (Wildman–Crippen LogP) is 6.63. The second-order valence-electron chi connectivity index (χ2n) is 8.18. The van der Waals surface area contributed by atoms with Gasteiger partial charge in [0.05, 0.1) is 0 Å². The van der Waals surface area contributed by atoms with E-state index in [0.29, 0.717) is 15.7 Å². The summed E-state index contributed by atoms with van der Waals surface area (Å²) in [5.41, 5.74) is 0.676. The number of thioether (sulfide) groups is 1. The first-order valence-corrected chi connectivity index (χ1v) is 12.4. The molecule has 2 aromatic carbocycles. The van der Waals surface area contributed by atoms with Crippen molar-refractivity contribution in [2.24, 2.45) is 0 Å². The minimum Gasteiger partial charge on any atom is -0.455 e. The van der Waals surface area contributed by atoms with Crippen molar-refractivity contribution >= 4 is 41.1 Å². The fourth-order valence-electron chi connectivity index (χ4n) is 3.36. The third-order valence-electron chi connectivity index (χ3n) is 5.08. The third kappa shape index (κ3) is 6.18. The summed E-state index contributed by atoms with van der Waals surface area (Å²) in [6.45, 7) is 5.88. The number of aromatic nitrogens is 2. The summed E-state index contributed by atoms with van der Waals surface area (Å²) in [6, 6.07) is 15.9. The zero-order chi connectivity index (χ0) is 24.0. The summed E-state index contributed by atoms with van der Waals surface area (Å²) in [7, 11) is 0. The molecular weight excluding hydrogens is 458 g/mol. The molecule has 0 saturated heterocycles. The minimum atomic E-state index is -0.657. The van der Waals surface area contributed by atoms with Gasteiger partial charge in [0.1, 0.15) is 5.60 Å². The Morgan fingerprint density at radius 3 is 2.39 bits per heavy atom. The van der Waals surface area contributed by atoms with Crippen molar-refractivity contribution in [1.29, 1.82) is 0 Å². The van der Waals surface area contributed by atoms with Crippen LogP contribution >= 0.6 is 23.4 Å². The van der Waals surface area contributed by atoms with Crippen LogP contribution in [-0.2, 0) is 4.74 Å². The van der Waals surface area contributed by atoms with Crippen LogP contribution in [0, 0.1) is 0 Å². The molecule has 1 N–H and O–H groups in total. The lowest BCUT2D eigenvalue weighted by atomic mass is 10.0. The minimum absolute atomic E-state index is 0.152. The van der Waals surface area contributed by atoms with Gasteiger partial charge in [-0.2, -0.15) is 0 Å². The number of esters is 1. The van der Waals surface area contributed by atoms with E-state index in [1.54, 1.807) is 28.8 Å². The Labute approximate surface area is 203 Å². The van der Waals surface area contributed by atoms with Crippen molar-refractivity contribution in [1.82, 2.24) is 9.55 Å². The van der Waals surface area contributed by atoms with Gasteiger partial charge in [-0.25, -0.2) is 9.78 Å². The lowest BCUT2D eigenvalue weighted by Gasteiger charge is -2.25. The van der Waals surface area contributed by atoms with Crippen molar-refractivity contribution < 1.29 is 14.3 Å². The summed E-state index contributed by atoms with van der Waals surface area (Å²) >= 11 is 7.32. The smallest absolute Gasteiger partial charge is 0.359 e. The van der Waals surface area contributed by atoms with Crippen LogP contribution in [0.2, 0.25) is 5.02 Å². The molecule has 3 rings (SSSR count). The number of imidazole rings is 1. The molecule has 3 aromatic rings. The second kappa shape index (κ2) is 10.9. The fraction of sp³-hybridized carbons (Fsp3) is 0.320. The summed E-state index contributed by atoms with van der Waals surface area (Å²) in [5.74, 6) is -0.782. The molecule has 33 heavy (non-hydrogen) atoms. The van der Waals surface area contributed by atoms with Gasteiger partial charge in [0.25, 0.3) is 5.91 Å². The summed E-state index contributed by atoms with van der Waals surface area (Å²) < 4.78 is 7.63. The number of halogens is 1. The van der Waals surface area contributed by atoms with Gasteiger partial charge in [0.15, 0.2) is 16.7 Å². The van der Waals surface area contributed by atoms with E-state index < -0.39 is 17.5 Å². The molecule has 0 bridgehead atoms. The highest BCUT2D eigenvalue weighted by molar-refractivity contribution is 7.98. The van der Waals surface area contributed by atoms with E-state index in [1.807, 2.05) is 50.4 Å². The highest BCUT2D eigenvalue weighted by atomic mass is 35.5. The van der Waals surface area contributed by atoms with E-state index >= 15 is 0 Å². The van der Waals surface area contributed by atoms with E-state index in [2.05, 4.69) is 17.2 Å². The van der Waals surface area contributed by atoms with Gasteiger partial charge in [-0.1, -0.05) is 54.9 Å². The van der Waals surface area contributed by atoms with E-state index in [0.717, 1.165) is 24.9 Å². The maximum absolute atomic E-state index is 13.5. The summed E-state index contributed by atoms with van der Waals surface area (Å²) in [6.07, 6.45) is 4.54. The summed E-state index contributed by atoms with van der Waals surface area (Å²) in [5, 5.41) is 3.88. The van der Waals surface area contributed by atoms with Crippen molar-refractivity contribution in [3.63, 3.8) is 0 Å². The maximum Gasteiger partial charge on any atom is 0.359 e. The average Bonchev–Trinajstić information content (AvgIpc) is 3.16. The number of benzene rings is 2. The van der Waals surface area contributed by atoms with Gasteiger partial charge >= 0.3 is 5.97 Å². The number of carbonyl (C=O) groups excluding carboxylic acids is 2. The van der Waals surface area contributed by atoms with E-state index in [-0.39, 0.29) is 11.5 Å². The van der Waals surface area contributed by atoms with Gasteiger partial charge in [-0.3, -0.25) is 9.36 Å². The molecule has 0 unspecified atom stereocenters. The van der Waals surface area contributed by atoms with Crippen molar-refractivity contribution in [2.75, 3.05) is 11.6 Å². The molecule has 0 aliphatic rings. The van der Waals surface area contributed by atoms with Crippen LogP contribution in [0.25, 0.3) is 5.69 Å². The van der Waals surface area contributed by atoms with Crippen LogP contribution in [0.4, 0.5) is 5.82 Å². The molecule has 0 spiro atoms. The number of anilines is 1. The van der Waals surface area contributed by atoms with Gasteiger partial charge in [0, 0.05) is 16.3 Å². The normalized spacial score (nSPS) is 11.3. The van der Waals surface area contributed by atoms with Crippen LogP contribution in [0.5, 0.6) is 0 Å². The van der Waals surface area contributed by atoms with Gasteiger partial charge in [-0.15, -0.1) is 0 Å². The van der Waals surface area contributed by atoms with Crippen molar-refractivity contribution in [2.45, 2.75) is 50.8 Å². The Morgan fingerprint density at radius 2 is 1.79 bits per heavy atom. The molecule has 0 saturated carbocycles. The molecule has 174 valence electrons. The number of para-hydroxylation sites is 1. The van der Waals surface area contributed by atoms with Gasteiger partial charge in [0.2, 0.25) is 0 Å². The highest BCUT2D eigenvalue weighted by Gasteiger charge is 2.31. The molecule has 0 atom stereocenters. The number of unbranched alkanes of at least 4 members (excludes halogenated alkanes) is 1. The van der Waals surface area contributed by atoms with Crippen molar-refractivity contribution in [3.8, 4) is 5.69 Å². The largest absolute Gasteiger partial charge is 0.455 e. The number of hydrogen-bond donors (Lipinski definition) is 1. The van der Waals surface area contributed by atoms with E-state index in [4.69, 9.17) is 16.3 Å². The van der Waals surface area contributed by atoms with Crippen molar-refractivity contribution in [3.05, 3.63) is 70.9 Å². The second-order valence-corrected chi connectivity index (χ2v) is 9.39. The van der Waals surface area contributed by atoms with E-state index in [1.165, 1.54) is 11.8 Å². The standard InChI is InChI=1S/C25H28ClN3O3S/c1-5-6-16-25(2,3)32-23(31)20-21(27-22(30)17-12-14-18(26)15-13-17)28-24(33-4)29(20)19-10-8-7-9-11-19/h7-15H,5-6,16H2,1-4H3,(H,27,30). The number of carbonyl (C=O) groups is 2.